The Morgan fingerprint density at radius 2 is 1.40 bits per heavy atom. The maximum absolute atomic E-state index is 13.4. The van der Waals surface area contributed by atoms with Crippen LogP contribution in [0.4, 0.5) is 0 Å². The average Bonchev–Trinajstić information content (AvgIpc) is 2.98. The zero-order chi connectivity index (χ0) is 28.2. The van der Waals surface area contributed by atoms with Crippen LogP contribution in [0.5, 0.6) is 0 Å². The van der Waals surface area contributed by atoms with E-state index in [1.54, 1.807) is 79.1 Å². The lowest BCUT2D eigenvalue weighted by atomic mass is 10.0. The molecule has 8 heteroatoms. The van der Waals surface area contributed by atoms with Crippen LogP contribution < -0.4 is 10.6 Å². The molecule has 4 rings (SSSR count). The summed E-state index contributed by atoms with van der Waals surface area (Å²) in [5.41, 5.74) is 3.30. The van der Waals surface area contributed by atoms with Crippen molar-refractivity contribution in [1.29, 1.82) is 0 Å². The minimum absolute atomic E-state index is 0.121. The fourth-order valence-electron chi connectivity index (χ4n) is 4.18. The van der Waals surface area contributed by atoms with Crippen molar-refractivity contribution in [2.75, 3.05) is 0 Å². The molecule has 204 valence electrons. The summed E-state index contributed by atoms with van der Waals surface area (Å²) < 4.78 is 25.6. The van der Waals surface area contributed by atoms with Gasteiger partial charge in [-0.1, -0.05) is 84.9 Å². The second-order valence-corrected chi connectivity index (χ2v) is 11.2. The Balaban J connectivity index is 1.48. The van der Waals surface area contributed by atoms with Gasteiger partial charge < -0.3 is 10.6 Å². The van der Waals surface area contributed by atoms with Crippen molar-refractivity contribution in [3.63, 3.8) is 0 Å². The Morgan fingerprint density at radius 3 is 2.10 bits per heavy atom. The molecule has 0 saturated carbocycles. The molecule has 2 amide bonds. The summed E-state index contributed by atoms with van der Waals surface area (Å²) >= 11 is 0. The maximum atomic E-state index is 13.4. The number of hydrogen-bond donors (Lipinski definition) is 2. The monoisotopic (exact) mass is 553 g/mol. The number of aryl methyl sites for hydroxylation is 1. The van der Waals surface area contributed by atoms with Crippen LogP contribution in [-0.4, -0.2) is 31.3 Å². The van der Waals surface area contributed by atoms with Crippen LogP contribution in [-0.2, 0) is 28.6 Å². The molecule has 1 atom stereocenters. The van der Waals surface area contributed by atoms with Gasteiger partial charge in [-0.25, -0.2) is 8.42 Å². The van der Waals surface area contributed by atoms with Gasteiger partial charge in [-0.15, -0.1) is 0 Å². The van der Waals surface area contributed by atoms with Gasteiger partial charge in [-0.05, 0) is 47.7 Å². The van der Waals surface area contributed by atoms with Gasteiger partial charge in [-0.2, -0.15) is 0 Å². The van der Waals surface area contributed by atoms with Crippen molar-refractivity contribution in [1.82, 2.24) is 15.6 Å². The van der Waals surface area contributed by atoms with Crippen LogP contribution in [0.3, 0.4) is 0 Å². The summed E-state index contributed by atoms with van der Waals surface area (Å²) in [5.74, 6) is -0.745. The van der Waals surface area contributed by atoms with Gasteiger partial charge in [-0.3, -0.25) is 14.6 Å². The molecule has 4 aromatic rings. The standard InChI is InChI=1S/C32H31N3O4S/c36-31(27-17-20-33-21-18-27)34-23-28-13-7-8-14-30(28)32(37)35-29(16-15-25-9-3-1-4-10-25)19-22-40(38,39)24-26-11-5-2-6-12-26/h1-14,17-22,29H,15-16,23-24H2,(H,34,36)(H,35,37)/b22-19+/t29-/m0/s1. The number of nitrogens with one attached hydrogen (secondary N) is 2. The van der Waals surface area contributed by atoms with Gasteiger partial charge in [0.15, 0.2) is 9.84 Å². The van der Waals surface area contributed by atoms with Gasteiger partial charge >= 0.3 is 0 Å². The van der Waals surface area contributed by atoms with Crippen molar-refractivity contribution in [3.05, 3.63) is 149 Å². The molecule has 0 aliphatic rings. The van der Waals surface area contributed by atoms with Crippen molar-refractivity contribution >= 4 is 21.7 Å². The number of amides is 2. The first-order valence-corrected chi connectivity index (χ1v) is 14.7. The molecule has 0 unspecified atom stereocenters. The van der Waals surface area contributed by atoms with Crippen LogP contribution >= 0.6 is 0 Å². The molecule has 0 aliphatic heterocycles. The van der Waals surface area contributed by atoms with Gasteiger partial charge in [0.1, 0.15) is 0 Å². The van der Waals surface area contributed by atoms with Crippen LogP contribution in [0, 0.1) is 0 Å². The van der Waals surface area contributed by atoms with Crippen LogP contribution in [0.25, 0.3) is 0 Å². The second-order valence-electron chi connectivity index (χ2n) is 9.30. The third-order valence-electron chi connectivity index (χ3n) is 6.28. The van der Waals surface area contributed by atoms with Crippen molar-refractivity contribution in [2.45, 2.75) is 31.2 Å². The first-order chi connectivity index (χ1) is 19.4. The van der Waals surface area contributed by atoms with Crippen molar-refractivity contribution < 1.29 is 18.0 Å². The zero-order valence-electron chi connectivity index (χ0n) is 21.9. The van der Waals surface area contributed by atoms with Gasteiger partial charge in [0.05, 0.1) is 5.75 Å². The molecule has 1 aromatic heterocycles. The molecule has 40 heavy (non-hydrogen) atoms. The lowest BCUT2D eigenvalue weighted by molar-refractivity contribution is 0.0929. The smallest absolute Gasteiger partial charge is 0.252 e. The summed E-state index contributed by atoms with van der Waals surface area (Å²) in [6.45, 7) is 0.153. The molecule has 3 aromatic carbocycles. The summed E-state index contributed by atoms with van der Waals surface area (Å²) in [6.07, 6.45) is 5.79. The highest BCUT2D eigenvalue weighted by Gasteiger charge is 2.17. The van der Waals surface area contributed by atoms with E-state index in [0.717, 1.165) is 5.56 Å². The Hall–Kier alpha value is -4.56. The van der Waals surface area contributed by atoms with E-state index in [1.807, 2.05) is 36.4 Å². The van der Waals surface area contributed by atoms with Gasteiger partial charge in [0, 0.05) is 41.5 Å². The molecule has 0 bridgehead atoms. The fourth-order valence-corrected chi connectivity index (χ4v) is 5.36. The molecule has 0 saturated heterocycles. The highest BCUT2D eigenvalue weighted by Crippen LogP contribution is 2.13. The molecule has 0 fully saturated rings. The van der Waals surface area contributed by atoms with E-state index < -0.39 is 15.9 Å². The molecular weight excluding hydrogens is 522 g/mol. The molecule has 1 heterocycles. The highest BCUT2D eigenvalue weighted by molar-refractivity contribution is 7.93. The number of carbonyl (C=O) groups excluding carboxylic acids is 2. The Morgan fingerprint density at radius 1 is 0.775 bits per heavy atom. The van der Waals surface area contributed by atoms with Crippen LogP contribution in [0.1, 0.15) is 43.8 Å². The first kappa shape index (κ1) is 28.4. The SMILES string of the molecule is O=C(NCc1ccccc1C(=O)N[C@H](/C=C/S(=O)(=O)Cc1ccccc1)CCc1ccccc1)c1ccncc1. The lowest BCUT2D eigenvalue weighted by Gasteiger charge is -2.17. The number of benzene rings is 3. The van der Waals surface area contributed by atoms with Crippen LogP contribution in [0.15, 0.2) is 121 Å². The van der Waals surface area contributed by atoms with E-state index in [-0.39, 0.29) is 24.1 Å². The third kappa shape index (κ3) is 8.74. The minimum Gasteiger partial charge on any atom is -0.348 e. The second kappa shape index (κ2) is 14.0. The largest absolute Gasteiger partial charge is 0.348 e. The van der Waals surface area contributed by atoms with E-state index in [4.69, 9.17) is 0 Å². The van der Waals surface area contributed by atoms with Gasteiger partial charge in [0.25, 0.3) is 11.8 Å². The molecule has 2 N–H and O–H groups in total. The molecule has 7 nitrogen and oxygen atoms in total. The van der Waals surface area contributed by atoms with E-state index in [2.05, 4.69) is 15.6 Å². The summed E-state index contributed by atoms with van der Waals surface area (Å²) in [5, 5.41) is 7.02. The van der Waals surface area contributed by atoms with E-state index >= 15 is 0 Å². The van der Waals surface area contributed by atoms with Crippen molar-refractivity contribution in [2.24, 2.45) is 0 Å². The topological polar surface area (TPSA) is 105 Å². The highest BCUT2D eigenvalue weighted by atomic mass is 32.2. The Labute approximate surface area is 234 Å². The van der Waals surface area contributed by atoms with Crippen molar-refractivity contribution in [3.8, 4) is 0 Å². The van der Waals surface area contributed by atoms with Crippen LogP contribution in [0.2, 0.25) is 0 Å². The fraction of sp³-hybridized carbons (Fsp3) is 0.156. The molecule has 0 radical (unpaired) electrons. The lowest BCUT2D eigenvalue weighted by Crippen LogP contribution is -2.35. The third-order valence-corrected chi connectivity index (χ3v) is 7.58. The minimum atomic E-state index is -3.55. The zero-order valence-corrected chi connectivity index (χ0v) is 22.8. The van der Waals surface area contributed by atoms with Gasteiger partial charge in [0.2, 0.25) is 0 Å². The normalized spacial score (nSPS) is 12.1. The van der Waals surface area contributed by atoms with E-state index in [9.17, 15) is 18.0 Å². The summed E-state index contributed by atoms with van der Waals surface area (Å²) in [4.78, 5) is 29.8. The number of pyridine rings is 1. The number of hydrogen-bond acceptors (Lipinski definition) is 5. The first-order valence-electron chi connectivity index (χ1n) is 13.0. The number of carbonyl (C=O) groups is 2. The average molecular weight is 554 g/mol. The quantitative estimate of drug-likeness (QED) is 0.260. The number of rotatable bonds is 12. The molecule has 0 spiro atoms. The van der Waals surface area contributed by atoms with E-state index in [1.165, 1.54) is 5.41 Å². The number of nitrogens with zero attached hydrogens (tertiary/aromatic N) is 1. The molecular formula is C32H31N3O4S. The summed E-state index contributed by atoms with van der Waals surface area (Å²) in [7, 11) is -3.55. The predicted molar refractivity (Wildman–Crippen MR) is 156 cm³/mol. The Kier molecular flexibility index (Phi) is 9.96. The number of aromatic nitrogens is 1. The van der Waals surface area contributed by atoms with E-state index in [0.29, 0.717) is 35.1 Å². The number of sulfone groups is 1. The Bertz CT molecular complexity index is 1540. The summed E-state index contributed by atoms with van der Waals surface area (Å²) in [6, 6.07) is 28.5. The maximum Gasteiger partial charge on any atom is 0.252 e. The molecule has 0 aliphatic carbocycles. The predicted octanol–water partition coefficient (Wildman–Crippen LogP) is 4.87.